The van der Waals surface area contributed by atoms with E-state index in [0.29, 0.717) is 11.3 Å². The van der Waals surface area contributed by atoms with Crippen LogP contribution in [0.3, 0.4) is 0 Å². The molecule has 134 valence electrons. The predicted octanol–water partition coefficient (Wildman–Crippen LogP) is 3.15. The van der Waals surface area contributed by atoms with E-state index in [9.17, 15) is 0 Å². The lowest BCUT2D eigenvalue weighted by atomic mass is 9.80. The topological polar surface area (TPSA) is 49.8 Å². The largest absolute Gasteiger partial charge is 0.381 e. The standard InChI is InChI=1S/C18H30N4OS/c1-13(2)16-14(3)24-15(21-16)11-20-17(19-4)22-8-5-18(12-22)6-9-23-10-7-18/h13H,5-12H2,1-4H3,(H,19,20). The first-order chi connectivity index (χ1) is 11.5. The molecule has 0 bridgehead atoms. The van der Waals surface area contributed by atoms with Gasteiger partial charge in [-0.15, -0.1) is 11.3 Å². The molecule has 1 N–H and O–H groups in total. The number of nitrogens with zero attached hydrogens (tertiary/aromatic N) is 3. The van der Waals surface area contributed by atoms with Gasteiger partial charge in [0, 0.05) is 38.2 Å². The van der Waals surface area contributed by atoms with Crippen LogP contribution in [0, 0.1) is 12.3 Å². The Morgan fingerprint density at radius 1 is 1.38 bits per heavy atom. The lowest BCUT2D eigenvalue weighted by Crippen LogP contribution is -2.42. The Bertz CT molecular complexity index is 590. The minimum atomic E-state index is 0.443. The van der Waals surface area contributed by atoms with Crippen LogP contribution >= 0.6 is 11.3 Å². The van der Waals surface area contributed by atoms with Gasteiger partial charge in [-0.3, -0.25) is 4.99 Å². The van der Waals surface area contributed by atoms with Crippen LogP contribution in [-0.2, 0) is 11.3 Å². The van der Waals surface area contributed by atoms with Crippen molar-refractivity contribution < 1.29 is 4.74 Å². The van der Waals surface area contributed by atoms with Crippen molar-refractivity contribution in [1.82, 2.24) is 15.2 Å². The Morgan fingerprint density at radius 3 is 2.75 bits per heavy atom. The summed E-state index contributed by atoms with van der Waals surface area (Å²) in [4.78, 5) is 13.0. The van der Waals surface area contributed by atoms with Gasteiger partial charge in [0.2, 0.25) is 0 Å². The molecule has 2 fully saturated rings. The van der Waals surface area contributed by atoms with E-state index in [1.165, 1.54) is 29.8 Å². The summed E-state index contributed by atoms with van der Waals surface area (Å²) in [6.45, 7) is 11.4. The quantitative estimate of drug-likeness (QED) is 0.672. The summed E-state index contributed by atoms with van der Waals surface area (Å²) in [6, 6.07) is 0. The lowest BCUT2D eigenvalue weighted by molar-refractivity contribution is 0.0217. The van der Waals surface area contributed by atoms with E-state index < -0.39 is 0 Å². The number of hydrogen-bond acceptors (Lipinski definition) is 4. The molecule has 5 nitrogen and oxygen atoms in total. The Balaban J connectivity index is 1.59. The summed E-state index contributed by atoms with van der Waals surface area (Å²) >= 11 is 1.80. The highest BCUT2D eigenvalue weighted by atomic mass is 32.1. The normalized spacial score (nSPS) is 21.0. The molecule has 6 heteroatoms. The molecule has 2 saturated heterocycles. The SMILES string of the molecule is CN=C(NCc1nc(C(C)C)c(C)s1)N1CCC2(CCOCC2)C1. The summed E-state index contributed by atoms with van der Waals surface area (Å²) in [5, 5.41) is 4.67. The van der Waals surface area contributed by atoms with Crippen molar-refractivity contribution >= 4 is 17.3 Å². The first-order valence-electron chi connectivity index (χ1n) is 9.02. The van der Waals surface area contributed by atoms with Gasteiger partial charge < -0.3 is 15.0 Å². The van der Waals surface area contributed by atoms with Crippen molar-refractivity contribution in [3.8, 4) is 0 Å². The zero-order valence-electron chi connectivity index (χ0n) is 15.4. The number of hydrogen-bond donors (Lipinski definition) is 1. The smallest absolute Gasteiger partial charge is 0.194 e. The molecular formula is C18H30N4OS. The molecule has 24 heavy (non-hydrogen) atoms. The van der Waals surface area contributed by atoms with E-state index in [1.54, 1.807) is 11.3 Å². The third kappa shape index (κ3) is 3.75. The fourth-order valence-corrected chi connectivity index (χ4v) is 4.92. The Labute approximate surface area is 149 Å². The van der Waals surface area contributed by atoms with Crippen LogP contribution in [0.25, 0.3) is 0 Å². The highest BCUT2D eigenvalue weighted by Gasteiger charge is 2.40. The fourth-order valence-electron chi connectivity index (χ4n) is 3.89. The number of guanidine groups is 1. The average Bonchev–Trinajstić information content (AvgIpc) is 3.13. The molecule has 1 aromatic rings. The van der Waals surface area contributed by atoms with Crippen LogP contribution in [-0.4, -0.2) is 49.2 Å². The van der Waals surface area contributed by atoms with E-state index in [1.807, 2.05) is 7.05 Å². The Hall–Kier alpha value is -1.14. The summed E-state index contributed by atoms with van der Waals surface area (Å²) in [6.07, 6.45) is 3.62. The monoisotopic (exact) mass is 350 g/mol. The highest BCUT2D eigenvalue weighted by Crippen LogP contribution is 2.39. The zero-order valence-corrected chi connectivity index (χ0v) is 16.2. The molecule has 0 radical (unpaired) electrons. The van der Waals surface area contributed by atoms with Crippen molar-refractivity contribution in [1.29, 1.82) is 0 Å². The highest BCUT2D eigenvalue weighted by molar-refractivity contribution is 7.11. The third-order valence-corrected chi connectivity index (χ3v) is 6.31. The maximum Gasteiger partial charge on any atom is 0.194 e. The molecule has 0 atom stereocenters. The van der Waals surface area contributed by atoms with Crippen molar-refractivity contribution in [2.24, 2.45) is 10.4 Å². The molecular weight excluding hydrogens is 320 g/mol. The van der Waals surface area contributed by atoms with Gasteiger partial charge in [0.25, 0.3) is 0 Å². The molecule has 0 aliphatic carbocycles. The van der Waals surface area contributed by atoms with E-state index in [0.717, 1.165) is 43.8 Å². The second kappa shape index (κ2) is 7.40. The van der Waals surface area contributed by atoms with Gasteiger partial charge in [-0.2, -0.15) is 0 Å². The molecule has 3 heterocycles. The molecule has 2 aliphatic heterocycles. The predicted molar refractivity (Wildman–Crippen MR) is 99.8 cm³/mol. The van der Waals surface area contributed by atoms with Crippen LogP contribution in [0.1, 0.15) is 54.6 Å². The zero-order chi connectivity index (χ0) is 17.2. The maximum absolute atomic E-state index is 5.55. The number of aryl methyl sites for hydroxylation is 1. The van der Waals surface area contributed by atoms with Gasteiger partial charge >= 0.3 is 0 Å². The van der Waals surface area contributed by atoms with E-state index in [2.05, 4.69) is 36.0 Å². The number of aromatic nitrogens is 1. The first-order valence-corrected chi connectivity index (χ1v) is 9.84. The Kier molecular flexibility index (Phi) is 5.45. The van der Waals surface area contributed by atoms with E-state index >= 15 is 0 Å². The van der Waals surface area contributed by atoms with Gasteiger partial charge in [-0.05, 0) is 37.5 Å². The van der Waals surface area contributed by atoms with Crippen molar-refractivity contribution in [3.63, 3.8) is 0 Å². The molecule has 1 spiro atoms. The van der Waals surface area contributed by atoms with Gasteiger partial charge in [0.05, 0.1) is 12.2 Å². The van der Waals surface area contributed by atoms with E-state index in [-0.39, 0.29) is 0 Å². The summed E-state index contributed by atoms with van der Waals surface area (Å²) in [7, 11) is 1.88. The second-order valence-corrected chi connectivity index (χ2v) is 8.68. The van der Waals surface area contributed by atoms with Crippen LogP contribution < -0.4 is 5.32 Å². The number of nitrogens with one attached hydrogen (secondary N) is 1. The molecule has 2 aliphatic rings. The van der Waals surface area contributed by atoms with E-state index in [4.69, 9.17) is 9.72 Å². The Morgan fingerprint density at radius 2 is 2.12 bits per heavy atom. The minimum absolute atomic E-state index is 0.443. The van der Waals surface area contributed by atoms with Crippen LogP contribution in [0.4, 0.5) is 0 Å². The van der Waals surface area contributed by atoms with Gasteiger partial charge in [-0.1, -0.05) is 13.8 Å². The van der Waals surface area contributed by atoms with Crippen molar-refractivity contribution in [2.75, 3.05) is 33.4 Å². The van der Waals surface area contributed by atoms with Crippen LogP contribution in [0.15, 0.2) is 4.99 Å². The molecule has 0 saturated carbocycles. The maximum atomic E-state index is 5.55. The lowest BCUT2D eigenvalue weighted by Gasteiger charge is -2.33. The number of aliphatic imine (C=N–C) groups is 1. The number of likely N-dealkylation sites (tertiary alicyclic amines) is 1. The molecule has 0 amide bonds. The molecule has 1 aromatic heterocycles. The average molecular weight is 351 g/mol. The molecule has 3 rings (SSSR count). The number of thiazole rings is 1. The van der Waals surface area contributed by atoms with Crippen molar-refractivity contribution in [3.05, 3.63) is 15.6 Å². The summed E-state index contributed by atoms with van der Waals surface area (Å²) in [5.74, 6) is 1.50. The van der Waals surface area contributed by atoms with Gasteiger partial charge in [0.15, 0.2) is 5.96 Å². The van der Waals surface area contributed by atoms with Crippen LogP contribution in [0.5, 0.6) is 0 Å². The van der Waals surface area contributed by atoms with Gasteiger partial charge in [0.1, 0.15) is 5.01 Å². The summed E-state index contributed by atoms with van der Waals surface area (Å²) in [5.41, 5.74) is 1.67. The first kappa shape index (κ1) is 17.7. The third-order valence-electron chi connectivity index (χ3n) is 5.32. The summed E-state index contributed by atoms with van der Waals surface area (Å²) < 4.78 is 5.55. The van der Waals surface area contributed by atoms with Gasteiger partial charge in [-0.25, -0.2) is 4.98 Å². The van der Waals surface area contributed by atoms with Crippen molar-refractivity contribution in [2.45, 2.75) is 52.5 Å². The number of rotatable bonds is 3. The van der Waals surface area contributed by atoms with Crippen LogP contribution in [0.2, 0.25) is 0 Å². The molecule has 0 aromatic carbocycles. The second-order valence-electron chi connectivity index (χ2n) is 7.39. The minimum Gasteiger partial charge on any atom is -0.381 e. The molecule has 0 unspecified atom stereocenters. The number of ether oxygens (including phenoxy) is 1. The fraction of sp³-hybridized carbons (Fsp3) is 0.778.